The monoisotopic (exact) mass is 668 g/mol. The van der Waals surface area contributed by atoms with Gasteiger partial charge in [-0.15, -0.1) is 34.0 Å². The van der Waals surface area contributed by atoms with Gasteiger partial charge in [-0.3, -0.25) is 9.69 Å². The molecule has 5 aromatic rings. The molecule has 2 aromatic carbocycles. The van der Waals surface area contributed by atoms with E-state index in [0.29, 0.717) is 30.3 Å². The molecule has 5 heterocycles. The minimum Gasteiger partial charge on any atom is -0.317 e. The molecule has 2 aliphatic heterocycles. The lowest BCUT2D eigenvalue weighted by Gasteiger charge is -2.30. The molecule has 0 radical (unpaired) electrons. The molecule has 7 rings (SSSR count). The highest BCUT2D eigenvalue weighted by Crippen LogP contribution is 2.46. The van der Waals surface area contributed by atoms with E-state index in [-0.39, 0.29) is 16.0 Å². The van der Waals surface area contributed by atoms with E-state index in [1.165, 1.54) is 20.3 Å². The van der Waals surface area contributed by atoms with Gasteiger partial charge in [-0.05, 0) is 54.7 Å². The van der Waals surface area contributed by atoms with E-state index in [9.17, 15) is 13.2 Å². The van der Waals surface area contributed by atoms with E-state index in [1.54, 1.807) is 34.8 Å². The number of para-hydroxylation sites is 1. The van der Waals surface area contributed by atoms with E-state index < -0.39 is 10.0 Å². The fourth-order valence-corrected chi connectivity index (χ4v) is 11.4. The van der Waals surface area contributed by atoms with Crippen LogP contribution in [0.15, 0.2) is 70.9 Å². The van der Waals surface area contributed by atoms with Crippen LogP contribution in [0.4, 0.5) is 5.00 Å². The number of aromatic nitrogens is 1. The molecule has 222 valence electrons. The molecule has 2 aliphatic rings. The third-order valence-corrected chi connectivity index (χ3v) is 13.9. The number of rotatable bonds is 7. The zero-order chi connectivity index (χ0) is 29.6. The van der Waals surface area contributed by atoms with Gasteiger partial charge in [-0.2, -0.15) is 4.31 Å². The Kier molecular flexibility index (Phi) is 8.15. The molecule has 7 nitrogen and oxygen atoms in total. The highest BCUT2D eigenvalue weighted by molar-refractivity contribution is 7.91. The van der Waals surface area contributed by atoms with Crippen molar-refractivity contribution in [1.29, 1.82) is 0 Å². The van der Waals surface area contributed by atoms with Crippen molar-refractivity contribution in [3.05, 3.63) is 87.1 Å². The third-order valence-electron chi connectivity index (χ3n) is 8.10. The number of hydrogen-bond acceptors (Lipinski definition) is 8. The van der Waals surface area contributed by atoms with Crippen LogP contribution in [0.1, 0.15) is 28.8 Å². The van der Waals surface area contributed by atoms with E-state index >= 15 is 0 Å². The molecule has 1 amide bonds. The van der Waals surface area contributed by atoms with Crippen LogP contribution in [0.3, 0.4) is 0 Å². The van der Waals surface area contributed by atoms with E-state index in [0.717, 1.165) is 63.2 Å². The molecular formula is C31H29ClN4O3S4. The first-order valence-electron chi connectivity index (χ1n) is 14.2. The summed E-state index contributed by atoms with van der Waals surface area (Å²) >= 11 is 10.4. The number of sulfonamides is 1. The summed E-state index contributed by atoms with van der Waals surface area (Å²) in [6, 6.07) is 21.8. The molecule has 0 bridgehead atoms. The molecule has 3 aromatic heterocycles. The first kappa shape index (κ1) is 29.1. The summed E-state index contributed by atoms with van der Waals surface area (Å²) in [7, 11) is -3.61. The van der Waals surface area contributed by atoms with Gasteiger partial charge in [-0.25, -0.2) is 13.4 Å². The van der Waals surface area contributed by atoms with Crippen molar-refractivity contribution in [3.63, 3.8) is 0 Å². The van der Waals surface area contributed by atoms with Crippen molar-refractivity contribution in [2.24, 2.45) is 5.92 Å². The second kappa shape index (κ2) is 12.0. The minimum absolute atomic E-state index is 0.0571. The Labute approximate surface area is 267 Å². The molecule has 0 atom stereocenters. The smallest absolute Gasteiger partial charge is 0.252 e. The zero-order valence-electron chi connectivity index (χ0n) is 23.2. The Balaban J connectivity index is 1.12. The van der Waals surface area contributed by atoms with Crippen molar-refractivity contribution in [2.75, 3.05) is 25.0 Å². The molecule has 0 aliphatic carbocycles. The number of halogens is 1. The van der Waals surface area contributed by atoms with Crippen LogP contribution >= 0.6 is 45.6 Å². The fraction of sp³-hybridized carbons (Fsp3) is 0.290. The predicted octanol–water partition coefficient (Wildman–Crippen LogP) is 7.34. The number of nitrogens with zero attached hydrogens (tertiary/aromatic N) is 3. The van der Waals surface area contributed by atoms with Gasteiger partial charge >= 0.3 is 0 Å². The second-order valence-corrected chi connectivity index (χ2v) is 16.9. The molecule has 0 spiro atoms. The number of piperidine rings is 1. The molecule has 1 fully saturated rings. The third kappa shape index (κ3) is 5.92. The van der Waals surface area contributed by atoms with Gasteiger partial charge in [0, 0.05) is 49.1 Å². The number of thiophene rings is 2. The average Bonchev–Trinajstić information content (AvgIpc) is 3.74. The number of benzene rings is 2. The van der Waals surface area contributed by atoms with Gasteiger partial charge < -0.3 is 5.32 Å². The van der Waals surface area contributed by atoms with Crippen molar-refractivity contribution in [1.82, 2.24) is 14.2 Å². The van der Waals surface area contributed by atoms with Crippen LogP contribution in [0.25, 0.3) is 20.8 Å². The van der Waals surface area contributed by atoms with E-state index in [1.807, 2.05) is 24.3 Å². The highest BCUT2D eigenvalue weighted by atomic mass is 35.5. The average molecular weight is 669 g/mol. The van der Waals surface area contributed by atoms with Gasteiger partial charge in [-0.1, -0.05) is 54.1 Å². The number of amides is 1. The summed E-state index contributed by atoms with van der Waals surface area (Å²) in [6.07, 6.45) is 1.83. The number of carbonyl (C=O) groups is 1. The summed E-state index contributed by atoms with van der Waals surface area (Å²) in [5, 5.41) is 5.06. The van der Waals surface area contributed by atoms with Crippen molar-refractivity contribution in [2.45, 2.75) is 36.6 Å². The summed E-state index contributed by atoms with van der Waals surface area (Å²) in [5.41, 5.74) is 4.57. The second-order valence-electron chi connectivity index (χ2n) is 10.9. The van der Waals surface area contributed by atoms with Crippen molar-refractivity contribution >= 4 is 76.8 Å². The standard InChI is InChI=1S/C31H29ClN4O3S4/c32-26-10-11-27(42-26)43(38,39)36-16-12-21(13-17-36)29(37)34-31-28(30-33-23-8-4-5-9-24(23)40-30)22-14-15-35(19-25(22)41-31)18-20-6-2-1-3-7-20/h1-11,21H,12-19H2,(H,34,37). The van der Waals surface area contributed by atoms with Crippen LogP contribution in [0.5, 0.6) is 0 Å². The summed E-state index contributed by atoms with van der Waals surface area (Å²) in [4.78, 5) is 22.4. The Hall–Kier alpha value is -2.64. The number of fused-ring (bicyclic) bond motifs is 2. The minimum atomic E-state index is -3.61. The first-order chi connectivity index (χ1) is 20.8. The maximum absolute atomic E-state index is 13.7. The molecular weight excluding hydrogens is 640 g/mol. The lowest BCUT2D eigenvalue weighted by Crippen LogP contribution is -2.41. The van der Waals surface area contributed by atoms with Crippen molar-refractivity contribution < 1.29 is 13.2 Å². The summed E-state index contributed by atoms with van der Waals surface area (Å²) < 4.78 is 29.4. The van der Waals surface area contributed by atoms with Crippen LogP contribution in [-0.4, -0.2) is 48.1 Å². The summed E-state index contributed by atoms with van der Waals surface area (Å²) in [5.74, 6) is -0.325. The topological polar surface area (TPSA) is 82.6 Å². The quantitative estimate of drug-likeness (QED) is 0.196. The number of hydrogen-bond donors (Lipinski definition) is 1. The Morgan fingerprint density at radius 2 is 1.72 bits per heavy atom. The number of nitrogens with one attached hydrogen (secondary N) is 1. The Morgan fingerprint density at radius 3 is 2.47 bits per heavy atom. The van der Waals surface area contributed by atoms with Crippen LogP contribution < -0.4 is 5.32 Å². The molecule has 0 saturated carbocycles. The van der Waals surface area contributed by atoms with Gasteiger partial charge in [0.15, 0.2) is 0 Å². The maximum atomic E-state index is 13.7. The highest BCUT2D eigenvalue weighted by Gasteiger charge is 2.34. The largest absolute Gasteiger partial charge is 0.317 e. The Morgan fingerprint density at radius 1 is 0.953 bits per heavy atom. The van der Waals surface area contributed by atoms with Crippen LogP contribution in [-0.2, 0) is 34.3 Å². The van der Waals surface area contributed by atoms with Gasteiger partial charge in [0.05, 0.1) is 14.6 Å². The van der Waals surface area contributed by atoms with Crippen molar-refractivity contribution in [3.8, 4) is 10.6 Å². The first-order valence-corrected chi connectivity index (χ1v) is 18.4. The fourth-order valence-electron chi connectivity index (χ4n) is 5.86. The summed E-state index contributed by atoms with van der Waals surface area (Å²) in [6.45, 7) is 3.25. The van der Waals surface area contributed by atoms with Gasteiger partial charge in [0.25, 0.3) is 10.0 Å². The maximum Gasteiger partial charge on any atom is 0.252 e. The molecule has 12 heteroatoms. The number of anilines is 1. The van der Waals surface area contributed by atoms with Gasteiger partial charge in [0.2, 0.25) is 5.91 Å². The normalized spacial score (nSPS) is 16.9. The Bertz CT molecular complexity index is 1860. The molecule has 1 N–H and O–H groups in total. The molecule has 0 unspecified atom stereocenters. The molecule has 1 saturated heterocycles. The zero-order valence-corrected chi connectivity index (χ0v) is 27.2. The lowest BCUT2D eigenvalue weighted by molar-refractivity contribution is -0.120. The van der Waals surface area contributed by atoms with E-state index in [4.69, 9.17) is 16.6 Å². The van der Waals surface area contributed by atoms with Gasteiger partial charge in [0.1, 0.15) is 14.2 Å². The molecule has 43 heavy (non-hydrogen) atoms. The predicted molar refractivity (Wildman–Crippen MR) is 177 cm³/mol. The van der Waals surface area contributed by atoms with Crippen LogP contribution in [0.2, 0.25) is 4.34 Å². The SMILES string of the molecule is O=C(Nc1sc2c(c1-c1nc3ccccc3s1)CCN(Cc1ccccc1)C2)C1CCN(S(=O)(=O)c2ccc(Cl)s2)CC1. The van der Waals surface area contributed by atoms with Crippen LogP contribution in [0, 0.1) is 5.92 Å². The number of thiazole rings is 1. The number of carbonyl (C=O) groups excluding carboxylic acids is 1. The lowest BCUT2D eigenvalue weighted by atomic mass is 9.97. The van der Waals surface area contributed by atoms with E-state index in [2.05, 4.69) is 40.5 Å².